The number of aryl methyl sites for hydroxylation is 1. The summed E-state index contributed by atoms with van der Waals surface area (Å²) in [7, 11) is 0. The van der Waals surface area contributed by atoms with Crippen LogP contribution >= 0.6 is 11.8 Å². The third-order valence-electron chi connectivity index (χ3n) is 2.29. The van der Waals surface area contributed by atoms with Gasteiger partial charge in [0.1, 0.15) is 11.5 Å². The first kappa shape index (κ1) is 13.8. The number of nitro benzene ring substituents is 1. The average Bonchev–Trinajstić information content (AvgIpc) is 2.23. The van der Waals surface area contributed by atoms with Gasteiger partial charge in [-0.2, -0.15) is 11.8 Å². The van der Waals surface area contributed by atoms with E-state index in [2.05, 4.69) is 5.32 Å². The Morgan fingerprint density at radius 1 is 1.59 bits per heavy atom. The lowest BCUT2D eigenvalue weighted by Gasteiger charge is -2.14. The average molecular weight is 258 g/mol. The summed E-state index contributed by atoms with van der Waals surface area (Å²) < 4.78 is 13.3. The summed E-state index contributed by atoms with van der Waals surface area (Å²) in [5.74, 6) is 0.271. The van der Waals surface area contributed by atoms with Gasteiger partial charge in [-0.05, 0) is 31.7 Å². The van der Waals surface area contributed by atoms with E-state index in [9.17, 15) is 14.5 Å². The maximum absolute atomic E-state index is 13.3. The zero-order valence-electron chi connectivity index (χ0n) is 9.99. The first-order valence-corrected chi connectivity index (χ1v) is 6.55. The zero-order valence-corrected chi connectivity index (χ0v) is 10.8. The molecule has 0 fully saturated rings. The highest BCUT2D eigenvalue weighted by Crippen LogP contribution is 2.28. The van der Waals surface area contributed by atoms with E-state index in [0.717, 1.165) is 11.8 Å². The van der Waals surface area contributed by atoms with Crippen LogP contribution in [0.3, 0.4) is 0 Å². The highest BCUT2D eigenvalue weighted by Gasteiger charge is 2.18. The van der Waals surface area contributed by atoms with Gasteiger partial charge < -0.3 is 5.32 Å². The molecule has 1 atom stereocenters. The van der Waals surface area contributed by atoms with Gasteiger partial charge in [0.2, 0.25) is 0 Å². The SMILES string of the molecule is CSCC(C)Nc1cc(C)c(F)cc1[N+](=O)[O-]. The van der Waals surface area contributed by atoms with Crippen LogP contribution < -0.4 is 5.32 Å². The van der Waals surface area contributed by atoms with Crippen molar-refractivity contribution in [2.75, 3.05) is 17.3 Å². The molecule has 0 aliphatic heterocycles. The number of anilines is 1. The van der Waals surface area contributed by atoms with Gasteiger partial charge in [-0.3, -0.25) is 10.1 Å². The van der Waals surface area contributed by atoms with Gasteiger partial charge in [0.05, 0.1) is 11.0 Å². The summed E-state index contributed by atoms with van der Waals surface area (Å²) in [6, 6.07) is 2.53. The maximum atomic E-state index is 13.3. The van der Waals surface area contributed by atoms with E-state index in [1.54, 1.807) is 18.7 Å². The number of hydrogen-bond acceptors (Lipinski definition) is 4. The standard InChI is InChI=1S/C11H15FN2O2S/c1-7-4-10(13-8(2)6-17-3)11(14(15)16)5-9(7)12/h4-5,8,13H,6H2,1-3H3. The van der Waals surface area contributed by atoms with Crippen LogP contribution in [0.5, 0.6) is 0 Å². The molecule has 6 heteroatoms. The van der Waals surface area contributed by atoms with Crippen LogP contribution in [0.15, 0.2) is 12.1 Å². The molecule has 1 aromatic carbocycles. The lowest BCUT2D eigenvalue weighted by Crippen LogP contribution is -2.18. The molecule has 0 bridgehead atoms. The van der Waals surface area contributed by atoms with E-state index < -0.39 is 10.7 Å². The molecular weight excluding hydrogens is 243 g/mol. The third-order valence-corrected chi connectivity index (χ3v) is 3.13. The summed E-state index contributed by atoms with van der Waals surface area (Å²) in [4.78, 5) is 10.2. The van der Waals surface area contributed by atoms with Crippen molar-refractivity contribution in [2.45, 2.75) is 19.9 Å². The van der Waals surface area contributed by atoms with Gasteiger partial charge in [-0.25, -0.2) is 4.39 Å². The van der Waals surface area contributed by atoms with Crippen LogP contribution in [0.2, 0.25) is 0 Å². The second kappa shape index (κ2) is 5.86. The Morgan fingerprint density at radius 2 is 2.24 bits per heavy atom. The predicted octanol–water partition coefficient (Wildman–Crippen LogP) is 3.21. The molecule has 0 saturated carbocycles. The number of rotatable bonds is 5. The lowest BCUT2D eigenvalue weighted by atomic mass is 10.1. The van der Waals surface area contributed by atoms with Gasteiger partial charge in [-0.1, -0.05) is 0 Å². The molecule has 0 aliphatic carbocycles. The zero-order chi connectivity index (χ0) is 13.0. The number of halogens is 1. The molecule has 4 nitrogen and oxygen atoms in total. The van der Waals surface area contributed by atoms with Crippen molar-refractivity contribution in [3.63, 3.8) is 0 Å². The van der Waals surface area contributed by atoms with Crippen LogP contribution in [0.25, 0.3) is 0 Å². The first-order chi connectivity index (χ1) is 7.95. The Balaban J connectivity index is 3.04. The largest absolute Gasteiger partial charge is 0.376 e. The predicted molar refractivity (Wildman–Crippen MR) is 69.3 cm³/mol. The van der Waals surface area contributed by atoms with Gasteiger partial charge in [0, 0.05) is 11.8 Å². The Kier molecular flexibility index (Phi) is 4.74. The van der Waals surface area contributed by atoms with Crippen molar-refractivity contribution in [2.24, 2.45) is 0 Å². The summed E-state index contributed by atoms with van der Waals surface area (Å²) in [5, 5.41) is 13.8. The van der Waals surface area contributed by atoms with Crippen molar-refractivity contribution in [3.8, 4) is 0 Å². The summed E-state index contributed by atoms with van der Waals surface area (Å²) >= 11 is 1.64. The third kappa shape index (κ3) is 3.59. The van der Waals surface area contributed by atoms with E-state index >= 15 is 0 Å². The Morgan fingerprint density at radius 3 is 2.76 bits per heavy atom. The second-order valence-electron chi connectivity index (χ2n) is 3.88. The molecule has 0 heterocycles. The monoisotopic (exact) mass is 258 g/mol. The number of nitrogens with zero attached hydrogens (tertiary/aromatic N) is 1. The minimum atomic E-state index is -0.573. The van der Waals surface area contributed by atoms with E-state index in [1.165, 1.54) is 6.07 Å². The van der Waals surface area contributed by atoms with Gasteiger partial charge >= 0.3 is 0 Å². The van der Waals surface area contributed by atoms with Crippen molar-refractivity contribution in [1.82, 2.24) is 0 Å². The van der Waals surface area contributed by atoms with Crippen LogP contribution in [-0.4, -0.2) is 23.0 Å². The first-order valence-electron chi connectivity index (χ1n) is 5.15. The summed E-state index contributed by atoms with van der Waals surface area (Å²) in [6.45, 7) is 3.52. The van der Waals surface area contributed by atoms with Crippen molar-refractivity contribution < 1.29 is 9.31 Å². The fourth-order valence-corrected chi connectivity index (χ4v) is 2.08. The van der Waals surface area contributed by atoms with Crippen LogP contribution in [0.1, 0.15) is 12.5 Å². The number of thioether (sulfide) groups is 1. The quantitative estimate of drug-likeness (QED) is 0.651. The molecule has 0 amide bonds. The maximum Gasteiger partial charge on any atom is 0.295 e. The molecule has 17 heavy (non-hydrogen) atoms. The fourth-order valence-electron chi connectivity index (χ4n) is 1.49. The Hall–Kier alpha value is -1.30. The summed E-state index contributed by atoms with van der Waals surface area (Å²) in [5.41, 5.74) is 0.547. The van der Waals surface area contributed by atoms with E-state index in [1.807, 2.05) is 13.2 Å². The highest BCUT2D eigenvalue weighted by atomic mass is 32.2. The summed E-state index contributed by atoms with van der Waals surface area (Å²) in [6.07, 6.45) is 1.96. The number of benzene rings is 1. The molecule has 94 valence electrons. The second-order valence-corrected chi connectivity index (χ2v) is 4.79. The van der Waals surface area contributed by atoms with E-state index in [0.29, 0.717) is 11.3 Å². The molecule has 0 saturated heterocycles. The number of nitrogens with one attached hydrogen (secondary N) is 1. The minimum absolute atomic E-state index is 0.0913. The Labute approximate surface area is 104 Å². The molecule has 1 N–H and O–H groups in total. The number of nitro groups is 1. The Bertz CT molecular complexity index is 426. The fraction of sp³-hybridized carbons (Fsp3) is 0.455. The molecule has 1 unspecified atom stereocenters. The smallest absolute Gasteiger partial charge is 0.295 e. The van der Waals surface area contributed by atoms with Crippen molar-refractivity contribution in [1.29, 1.82) is 0 Å². The number of hydrogen-bond donors (Lipinski definition) is 1. The molecule has 0 aromatic heterocycles. The van der Waals surface area contributed by atoms with Crippen molar-refractivity contribution in [3.05, 3.63) is 33.6 Å². The molecule has 0 spiro atoms. The normalized spacial score (nSPS) is 12.2. The van der Waals surface area contributed by atoms with Crippen LogP contribution in [0.4, 0.5) is 15.8 Å². The van der Waals surface area contributed by atoms with Gasteiger partial charge in [0.25, 0.3) is 5.69 Å². The van der Waals surface area contributed by atoms with Gasteiger partial charge in [-0.15, -0.1) is 0 Å². The minimum Gasteiger partial charge on any atom is -0.376 e. The van der Waals surface area contributed by atoms with Gasteiger partial charge in [0.15, 0.2) is 0 Å². The van der Waals surface area contributed by atoms with E-state index in [-0.39, 0.29) is 11.7 Å². The molecule has 0 aliphatic rings. The molecular formula is C11H15FN2O2S. The molecule has 0 radical (unpaired) electrons. The lowest BCUT2D eigenvalue weighted by molar-refractivity contribution is -0.384. The molecule has 1 rings (SSSR count). The van der Waals surface area contributed by atoms with Crippen molar-refractivity contribution >= 4 is 23.1 Å². The highest BCUT2D eigenvalue weighted by molar-refractivity contribution is 7.98. The van der Waals surface area contributed by atoms with Crippen LogP contribution in [0, 0.1) is 22.9 Å². The topological polar surface area (TPSA) is 55.2 Å². The molecule has 1 aromatic rings. The van der Waals surface area contributed by atoms with E-state index in [4.69, 9.17) is 0 Å². The van der Waals surface area contributed by atoms with Crippen LogP contribution in [-0.2, 0) is 0 Å².